The van der Waals surface area contributed by atoms with Crippen molar-refractivity contribution < 1.29 is 4.74 Å². The van der Waals surface area contributed by atoms with E-state index >= 15 is 0 Å². The maximum Gasteiger partial charge on any atom is 0.137 e. The lowest BCUT2D eigenvalue weighted by molar-refractivity contribution is 0.243. The third kappa shape index (κ3) is 1.64. The molecule has 98 valence electrons. The van der Waals surface area contributed by atoms with Gasteiger partial charge in [0.15, 0.2) is 0 Å². The van der Waals surface area contributed by atoms with Crippen LogP contribution in [0, 0.1) is 0 Å². The molecular formula is C15H20BrNO. The molecule has 1 aromatic rings. The summed E-state index contributed by atoms with van der Waals surface area (Å²) in [7, 11) is 1.77. The van der Waals surface area contributed by atoms with Crippen molar-refractivity contribution in [1.82, 2.24) is 0 Å². The Bertz CT molecular complexity index is 474. The molecule has 0 aromatic heterocycles. The summed E-state index contributed by atoms with van der Waals surface area (Å²) in [6.45, 7) is 0.731. The molecule has 0 radical (unpaired) electrons. The zero-order valence-corrected chi connectivity index (χ0v) is 12.5. The summed E-state index contributed by atoms with van der Waals surface area (Å²) in [6, 6.07) is 2.37. The minimum absolute atomic E-state index is 0.172. The zero-order chi connectivity index (χ0) is 12.8. The second-order valence-corrected chi connectivity index (χ2v) is 6.39. The molecule has 1 fully saturated rings. The molecule has 0 heterocycles. The quantitative estimate of drug-likeness (QED) is 0.929. The minimum atomic E-state index is 0.172. The lowest BCUT2D eigenvalue weighted by Gasteiger charge is -2.42. The van der Waals surface area contributed by atoms with E-state index < -0.39 is 0 Å². The van der Waals surface area contributed by atoms with Gasteiger partial charge in [-0.05, 0) is 59.2 Å². The van der Waals surface area contributed by atoms with E-state index in [0.29, 0.717) is 0 Å². The molecule has 0 aliphatic heterocycles. The van der Waals surface area contributed by atoms with E-state index in [-0.39, 0.29) is 5.41 Å². The number of ether oxygens (including phenoxy) is 1. The van der Waals surface area contributed by atoms with Crippen LogP contribution in [-0.4, -0.2) is 13.7 Å². The van der Waals surface area contributed by atoms with E-state index in [1.165, 1.54) is 59.7 Å². The Morgan fingerprint density at radius 3 is 2.67 bits per heavy atom. The maximum atomic E-state index is 6.05. The van der Waals surface area contributed by atoms with Crippen molar-refractivity contribution in [3.63, 3.8) is 0 Å². The zero-order valence-electron chi connectivity index (χ0n) is 10.9. The molecule has 2 aliphatic carbocycles. The molecule has 2 nitrogen and oxygen atoms in total. The Labute approximate surface area is 117 Å². The van der Waals surface area contributed by atoms with Crippen molar-refractivity contribution in [2.24, 2.45) is 5.73 Å². The second-order valence-electron chi connectivity index (χ2n) is 5.60. The van der Waals surface area contributed by atoms with Gasteiger partial charge < -0.3 is 10.5 Å². The predicted octanol–water partition coefficient (Wildman–Crippen LogP) is 3.33. The Morgan fingerprint density at radius 2 is 2.11 bits per heavy atom. The summed E-state index contributed by atoms with van der Waals surface area (Å²) >= 11 is 3.75. The minimum Gasteiger partial charge on any atom is -0.495 e. The van der Waals surface area contributed by atoms with E-state index in [9.17, 15) is 0 Å². The number of fused-ring (bicyclic) bond motifs is 1. The molecule has 0 unspecified atom stereocenters. The van der Waals surface area contributed by atoms with Gasteiger partial charge in [-0.3, -0.25) is 0 Å². The molecule has 3 heteroatoms. The van der Waals surface area contributed by atoms with Crippen LogP contribution in [0.25, 0.3) is 0 Å². The number of rotatable bonds is 3. The highest BCUT2D eigenvalue weighted by Gasteiger charge is 2.41. The molecule has 0 bridgehead atoms. The van der Waals surface area contributed by atoms with Crippen LogP contribution in [0.1, 0.15) is 42.4 Å². The van der Waals surface area contributed by atoms with Crippen molar-refractivity contribution in [1.29, 1.82) is 0 Å². The number of nitrogens with two attached hydrogens (primary N) is 1. The summed E-state index contributed by atoms with van der Waals surface area (Å²) in [5.41, 5.74) is 10.5. The van der Waals surface area contributed by atoms with Crippen LogP contribution in [0.15, 0.2) is 10.5 Å². The molecule has 2 N–H and O–H groups in total. The number of halogens is 1. The van der Waals surface area contributed by atoms with Crippen LogP contribution < -0.4 is 10.5 Å². The van der Waals surface area contributed by atoms with Gasteiger partial charge in [-0.15, -0.1) is 0 Å². The number of benzene rings is 1. The molecule has 3 rings (SSSR count). The average Bonchev–Trinajstić information content (AvgIpc) is 2.77. The monoisotopic (exact) mass is 309 g/mol. The fourth-order valence-electron chi connectivity index (χ4n) is 3.45. The molecule has 0 saturated heterocycles. The van der Waals surface area contributed by atoms with Gasteiger partial charge in [0.1, 0.15) is 5.75 Å². The summed E-state index contributed by atoms with van der Waals surface area (Å²) in [5, 5.41) is 0. The molecule has 0 atom stereocenters. The Kier molecular flexibility index (Phi) is 3.15. The predicted molar refractivity (Wildman–Crippen MR) is 77.3 cm³/mol. The van der Waals surface area contributed by atoms with E-state index in [4.69, 9.17) is 10.5 Å². The van der Waals surface area contributed by atoms with E-state index in [2.05, 4.69) is 22.0 Å². The highest BCUT2D eigenvalue weighted by atomic mass is 79.9. The normalized spacial score (nSPS) is 20.4. The lowest BCUT2D eigenvalue weighted by Crippen LogP contribution is -2.42. The van der Waals surface area contributed by atoms with Gasteiger partial charge >= 0.3 is 0 Å². The third-order valence-electron chi connectivity index (χ3n) is 4.76. The van der Waals surface area contributed by atoms with Crippen LogP contribution in [0.3, 0.4) is 0 Å². The summed E-state index contributed by atoms with van der Waals surface area (Å²) in [6.07, 6.45) is 7.31. The molecule has 18 heavy (non-hydrogen) atoms. The standard InChI is InChI=1S/C15H20BrNO/c1-18-14-12(15(9-17)6-3-7-15)8-10-4-2-5-11(10)13(14)16/h8H,2-7,9,17H2,1H3. The number of aryl methyl sites for hydroxylation is 1. The second kappa shape index (κ2) is 4.53. The van der Waals surface area contributed by atoms with Crippen LogP contribution >= 0.6 is 15.9 Å². The SMILES string of the molecule is COc1c(C2(CN)CCC2)cc2c(c1Br)CCC2. The summed E-state index contributed by atoms with van der Waals surface area (Å²) in [5.74, 6) is 1.03. The molecule has 0 spiro atoms. The van der Waals surface area contributed by atoms with Crippen molar-refractivity contribution in [3.8, 4) is 5.75 Å². The Morgan fingerprint density at radius 1 is 1.33 bits per heavy atom. The Hall–Kier alpha value is -0.540. The summed E-state index contributed by atoms with van der Waals surface area (Å²) in [4.78, 5) is 0. The Balaban J connectivity index is 2.17. The first kappa shape index (κ1) is 12.5. The topological polar surface area (TPSA) is 35.2 Å². The van der Waals surface area contributed by atoms with Gasteiger partial charge in [-0.2, -0.15) is 0 Å². The lowest BCUT2D eigenvalue weighted by atomic mass is 9.64. The van der Waals surface area contributed by atoms with E-state index in [0.717, 1.165) is 12.3 Å². The first-order valence-electron chi connectivity index (χ1n) is 6.80. The fraction of sp³-hybridized carbons (Fsp3) is 0.600. The van der Waals surface area contributed by atoms with Gasteiger partial charge in [0.25, 0.3) is 0 Å². The molecule has 2 aliphatic rings. The van der Waals surface area contributed by atoms with Crippen molar-refractivity contribution in [2.45, 2.75) is 43.9 Å². The summed E-state index contributed by atoms with van der Waals surface area (Å²) < 4.78 is 6.86. The smallest absolute Gasteiger partial charge is 0.137 e. The fourth-order valence-corrected chi connectivity index (χ4v) is 4.28. The molecule has 1 aromatic carbocycles. The van der Waals surface area contributed by atoms with Crippen LogP contribution in [0.5, 0.6) is 5.75 Å². The molecular weight excluding hydrogens is 290 g/mol. The number of methoxy groups -OCH3 is 1. The van der Waals surface area contributed by atoms with Crippen molar-refractivity contribution >= 4 is 15.9 Å². The van der Waals surface area contributed by atoms with Crippen LogP contribution in [0.2, 0.25) is 0 Å². The van der Waals surface area contributed by atoms with Gasteiger partial charge in [0.2, 0.25) is 0 Å². The third-order valence-corrected chi connectivity index (χ3v) is 5.60. The van der Waals surface area contributed by atoms with Gasteiger partial charge in [0, 0.05) is 17.5 Å². The van der Waals surface area contributed by atoms with Crippen LogP contribution in [-0.2, 0) is 18.3 Å². The first-order valence-corrected chi connectivity index (χ1v) is 7.60. The van der Waals surface area contributed by atoms with E-state index in [1.54, 1.807) is 7.11 Å². The van der Waals surface area contributed by atoms with Gasteiger partial charge in [-0.1, -0.05) is 12.5 Å². The van der Waals surface area contributed by atoms with Crippen LogP contribution in [0.4, 0.5) is 0 Å². The van der Waals surface area contributed by atoms with E-state index in [1.807, 2.05) is 0 Å². The van der Waals surface area contributed by atoms with Gasteiger partial charge in [-0.25, -0.2) is 0 Å². The average molecular weight is 310 g/mol. The maximum absolute atomic E-state index is 6.05. The molecule has 0 amide bonds. The number of hydrogen-bond donors (Lipinski definition) is 1. The highest BCUT2D eigenvalue weighted by Crippen LogP contribution is 2.50. The van der Waals surface area contributed by atoms with Gasteiger partial charge in [0.05, 0.1) is 11.6 Å². The highest BCUT2D eigenvalue weighted by molar-refractivity contribution is 9.10. The first-order chi connectivity index (χ1) is 8.72. The molecule has 1 saturated carbocycles. The van der Waals surface area contributed by atoms with Crippen molar-refractivity contribution in [2.75, 3.05) is 13.7 Å². The van der Waals surface area contributed by atoms with Crippen molar-refractivity contribution in [3.05, 3.63) is 27.2 Å². The number of hydrogen-bond acceptors (Lipinski definition) is 2. The largest absolute Gasteiger partial charge is 0.495 e.